The van der Waals surface area contributed by atoms with Gasteiger partial charge >= 0.3 is 0 Å². The van der Waals surface area contributed by atoms with Crippen LogP contribution in [0.3, 0.4) is 0 Å². The molecule has 5 rings (SSSR count). The number of pyridine rings is 1. The molecule has 6 nitrogen and oxygen atoms in total. The predicted molar refractivity (Wildman–Crippen MR) is 133 cm³/mol. The van der Waals surface area contributed by atoms with Crippen LogP contribution in [0.2, 0.25) is 0 Å². The summed E-state index contributed by atoms with van der Waals surface area (Å²) in [5.74, 6) is -0.763. The van der Waals surface area contributed by atoms with E-state index in [1.165, 1.54) is 48.1 Å². The number of likely N-dealkylation sites (tertiary alicyclic amines) is 2. The van der Waals surface area contributed by atoms with Gasteiger partial charge < -0.3 is 9.80 Å². The summed E-state index contributed by atoms with van der Waals surface area (Å²) in [6.07, 6.45) is 7.97. The summed E-state index contributed by atoms with van der Waals surface area (Å²) in [7, 11) is 0. The Morgan fingerprint density at radius 1 is 0.943 bits per heavy atom. The van der Waals surface area contributed by atoms with Gasteiger partial charge in [0.15, 0.2) is 5.78 Å². The number of aromatic nitrogens is 1. The minimum absolute atomic E-state index is 0.0648. The number of piperidine rings is 2. The Bertz CT molecular complexity index is 1190. The number of rotatable bonds is 3. The largest absolute Gasteiger partial charge is 0.338 e. The maximum Gasteiger partial charge on any atom is 0.268 e. The lowest BCUT2D eigenvalue weighted by Gasteiger charge is -2.40. The number of hydrogen-bond donors (Lipinski definition) is 0. The first kappa shape index (κ1) is 23.9. The van der Waals surface area contributed by atoms with E-state index in [1.807, 2.05) is 13.8 Å². The van der Waals surface area contributed by atoms with E-state index in [1.54, 1.807) is 11.1 Å². The summed E-state index contributed by atoms with van der Waals surface area (Å²) >= 11 is 0. The number of carbonyl (C=O) groups is 2. The van der Waals surface area contributed by atoms with E-state index >= 15 is 0 Å². The zero-order chi connectivity index (χ0) is 24.7. The summed E-state index contributed by atoms with van der Waals surface area (Å²) in [5.41, 5.74) is 0.773. The maximum absolute atomic E-state index is 13.9. The fraction of sp³-hybridized carbons (Fsp3) is 0.536. The normalized spacial score (nSPS) is 21.1. The van der Waals surface area contributed by atoms with Crippen LogP contribution >= 0.6 is 0 Å². The van der Waals surface area contributed by atoms with Crippen molar-refractivity contribution < 1.29 is 14.0 Å². The lowest BCUT2D eigenvalue weighted by molar-refractivity contribution is 0.0586. The highest BCUT2D eigenvalue weighted by molar-refractivity contribution is 6.04. The molecule has 0 saturated carbocycles. The Hall–Kier alpha value is -2.80. The second kappa shape index (κ2) is 9.34. The Labute approximate surface area is 205 Å². The standard InChI is InChI=1S/C28H34FN3O3/c1-28(2)16-22-23(24(33)17-28)18-32(21-8-6-19(29)7-9-21)27(35)25(22)26(34)31-14-10-20(11-15-31)30-12-4-3-5-13-30/h6-9,18,20H,3-5,10-17H2,1-2H3. The third-order valence-corrected chi connectivity index (χ3v) is 7.89. The average Bonchev–Trinajstić information content (AvgIpc) is 2.84. The van der Waals surface area contributed by atoms with E-state index < -0.39 is 11.4 Å². The molecule has 0 atom stereocenters. The number of benzene rings is 1. The van der Waals surface area contributed by atoms with Gasteiger partial charge in [-0.3, -0.25) is 19.0 Å². The van der Waals surface area contributed by atoms with Crippen molar-refractivity contribution in [3.8, 4) is 5.69 Å². The van der Waals surface area contributed by atoms with Crippen LogP contribution in [0.15, 0.2) is 35.3 Å². The molecule has 1 amide bonds. The van der Waals surface area contributed by atoms with Gasteiger partial charge in [0.25, 0.3) is 11.5 Å². The van der Waals surface area contributed by atoms with Gasteiger partial charge in [-0.25, -0.2) is 4.39 Å². The number of Topliss-reactive ketones (excluding diaryl/α,β-unsaturated/α-hetero) is 1. The van der Waals surface area contributed by atoms with Gasteiger partial charge in [-0.1, -0.05) is 20.3 Å². The second-order valence-corrected chi connectivity index (χ2v) is 11.1. The molecule has 7 heteroatoms. The van der Waals surface area contributed by atoms with Gasteiger partial charge in [0.1, 0.15) is 11.4 Å². The summed E-state index contributed by atoms with van der Waals surface area (Å²) in [5, 5.41) is 0. The fourth-order valence-electron chi connectivity index (χ4n) is 6.03. The second-order valence-electron chi connectivity index (χ2n) is 11.1. The van der Waals surface area contributed by atoms with Crippen LogP contribution in [0.1, 0.15) is 78.7 Å². The van der Waals surface area contributed by atoms with Gasteiger partial charge in [-0.15, -0.1) is 0 Å². The lowest BCUT2D eigenvalue weighted by Crippen LogP contribution is -2.49. The molecule has 0 radical (unpaired) electrons. The highest BCUT2D eigenvalue weighted by Crippen LogP contribution is 2.36. The van der Waals surface area contributed by atoms with Crippen molar-refractivity contribution in [3.63, 3.8) is 0 Å². The molecule has 2 aliphatic heterocycles. The van der Waals surface area contributed by atoms with E-state index in [-0.39, 0.29) is 22.7 Å². The van der Waals surface area contributed by atoms with Gasteiger partial charge in [0, 0.05) is 43.0 Å². The molecule has 1 aliphatic carbocycles. The molecule has 3 aliphatic rings. The first-order chi connectivity index (χ1) is 16.7. The van der Waals surface area contributed by atoms with E-state index in [4.69, 9.17) is 0 Å². The number of fused-ring (bicyclic) bond motifs is 1. The van der Waals surface area contributed by atoms with Gasteiger partial charge in [-0.2, -0.15) is 0 Å². The summed E-state index contributed by atoms with van der Waals surface area (Å²) in [4.78, 5) is 45.1. The van der Waals surface area contributed by atoms with Crippen molar-refractivity contribution in [3.05, 3.63) is 63.3 Å². The number of hydrogen-bond acceptors (Lipinski definition) is 4. The number of nitrogens with zero attached hydrogens (tertiary/aromatic N) is 3. The molecule has 2 saturated heterocycles. The molecular weight excluding hydrogens is 445 g/mol. The van der Waals surface area contributed by atoms with Crippen LogP contribution < -0.4 is 5.56 Å². The molecule has 0 N–H and O–H groups in total. The molecule has 3 heterocycles. The summed E-state index contributed by atoms with van der Waals surface area (Å²) in [6.45, 7) is 7.47. The number of ketones is 1. The first-order valence-electron chi connectivity index (χ1n) is 12.8. The van der Waals surface area contributed by atoms with Crippen molar-refractivity contribution in [2.75, 3.05) is 26.2 Å². The van der Waals surface area contributed by atoms with Crippen LogP contribution in [0.4, 0.5) is 4.39 Å². The molecule has 0 bridgehead atoms. The van der Waals surface area contributed by atoms with Crippen molar-refractivity contribution in [2.24, 2.45) is 5.41 Å². The van der Waals surface area contributed by atoms with E-state index in [0.29, 0.717) is 48.8 Å². The zero-order valence-electron chi connectivity index (χ0n) is 20.7. The fourth-order valence-corrected chi connectivity index (χ4v) is 6.03. The minimum atomic E-state index is -0.441. The minimum Gasteiger partial charge on any atom is -0.338 e. The smallest absolute Gasteiger partial charge is 0.268 e. The molecule has 0 spiro atoms. The van der Waals surface area contributed by atoms with E-state index in [2.05, 4.69) is 4.90 Å². The maximum atomic E-state index is 13.9. The van der Waals surface area contributed by atoms with Crippen molar-refractivity contribution in [1.29, 1.82) is 0 Å². The Kier molecular flexibility index (Phi) is 6.38. The third-order valence-electron chi connectivity index (χ3n) is 7.89. The van der Waals surface area contributed by atoms with Gasteiger partial charge in [0.05, 0.1) is 0 Å². The number of amides is 1. The summed E-state index contributed by atoms with van der Waals surface area (Å²) in [6, 6.07) is 6.04. The lowest BCUT2D eigenvalue weighted by atomic mass is 9.73. The molecule has 1 aromatic carbocycles. The Balaban J connectivity index is 1.51. The van der Waals surface area contributed by atoms with E-state index in [9.17, 15) is 18.8 Å². The van der Waals surface area contributed by atoms with Crippen LogP contribution in [0, 0.1) is 11.2 Å². The predicted octanol–water partition coefficient (Wildman–Crippen LogP) is 4.22. The van der Waals surface area contributed by atoms with Crippen molar-refractivity contribution in [2.45, 2.75) is 64.8 Å². The van der Waals surface area contributed by atoms with Gasteiger partial charge in [-0.05, 0) is 80.4 Å². The first-order valence-corrected chi connectivity index (χ1v) is 12.8. The zero-order valence-corrected chi connectivity index (χ0v) is 20.7. The Morgan fingerprint density at radius 3 is 2.26 bits per heavy atom. The molecule has 2 fully saturated rings. The molecule has 2 aromatic rings. The summed E-state index contributed by atoms with van der Waals surface area (Å²) < 4.78 is 14.9. The SMILES string of the molecule is CC1(C)CC(=O)c2cn(-c3ccc(F)cc3)c(=O)c(C(=O)N3CCC(N4CCCCC4)CC3)c2C1. The third kappa shape index (κ3) is 4.70. The quantitative estimate of drug-likeness (QED) is 0.661. The van der Waals surface area contributed by atoms with Crippen LogP contribution in [-0.4, -0.2) is 58.3 Å². The highest BCUT2D eigenvalue weighted by Gasteiger charge is 2.38. The molecule has 35 heavy (non-hydrogen) atoms. The van der Waals surface area contributed by atoms with E-state index in [0.717, 1.165) is 25.9 Å². The average molecular weight is 480 g/mol. The molecule has 1 aromatic heterocycles. The molecular formula is C28H34FN3O3. The van der Waals surface area contributed by atoms with Crippen LogP contribution in [0.25, 0.3) is 5.69 Å². The van der Waals surface area contributed by atoms with Crippen molar-refractivity contribution >= 4 is 11.7 Å². The monoisotopic (exact) mass is 479 g/mol. The molecule has 186 valence electrons. The highest BCUT2D eigenvalue weighted by atomic mass is 19.1. The van der Waals surface area contributed by atoms with Crippen molar-refractivity contribution in [1.82, 2.24) is 14.4 Å². The van der Waals surface area contributed by atoms with Crippen LogP contribution in [-0.2, 0) is 6.42 Å². The van der Waals surface area contributed by atoms with Crippen LogP contribution in [0.5, 0.6) is 0 Å². The number of carbonyl (C=O) groups excluding carboxylic acids is 2. The molecule has 0 unspecified atom stereocenters. The number of halogens is 1. The van der Waals surface area contributed by atoms with Gasteiger partial charge in [0.2, 0.25) is 0 Å². The topological polar surface area (TPSA) is 62.6 Å². The Morgan fingerprint density at radius 2 is 1.60 bits per heavy atom.